The average molecular weight is 154 g/mol. The third-order valence-corrected chi connectivity index (χ3v) is 2.23. The Kier molecular flexibility index (Phi) is 4.10. The molecule has 64 valence electrons. The zero-order valence-corrected chi connectivity index (χ0v) is 7.38. The van der Waals surface area contributed by atoms with Crippen molar-refractivity contribution in [2.75, 3.05) is 6.61 Å². The number of allylic oxidation sites excluding steroid dienone is 1. The summed E-state index contributed by atoms with van der Waals surface area (Å²) in [4.78, 5) is 0. The van der Waals surface area contributed by atoms with Crippen molar-refractivity contribution in [1.82, 2.24) is 0 Å². The molecule has 1 heterocycles. The highest BCUT2D eigenvalue weighted by atomic mass is 16.5. The SMILES string of the molecule is CCCCCC1C=COCC1. The van der Waals surface area contributed by atoms with Gasteiger partial charge < -0.3 is 4.74 Å². The number of ether oxygens (including phenoxy) is 1. The Bertz CT molecular complexity index is 118. The first-order valence-electron chi connectivity index (χ1n) is 4.71. The molecule has 1 aliphatic rings. The molecule has 11 heavy (non-hydrogen) atoms. The maximum atomic E-state index is 5.13. The van der Waals surface area contributed by atoms with Crippen molar-refractivity contribution in [3.8, 4) is 0 Å². The molecule has 0 radical (unpaired) electrons. The summed E-state index contributed by atoms with van der Waals surface area (Å²) in [6.45, 7) is 3.17. The van der Waals surface area contributed by atoms with E-state index in [0.717, 1.165) is 12.5 Å². The quantitative estimate of drug-likeness (QED) is 0.565. The summed E-state index contributed by atoms with van der Waals surface area (Å²) < 4.78 is 5.13. The number of unbranched alkanes of at least 4 members (excludes halogenated alkanes) is 2. The molecule has 1 heteroatoms. The Balaban J connectivity index is 2.05. The molecular weight excluding hydrogens is 136 g/mol. The van der Waals surface area contributed by atoms with E-state index in [2.05, 4.69) is 13.0 Å². The second-order valence-electron chi connectivity index (χ2n) is 3.24. The van der Waals surface area contributed by atoms with Crippen molar-refractivity contribution in [2.45, 2.75) is 39.0 Å². The summed E-state index contributed by atoms with van der Waals surface area (Å²) in [5.74, 6) is 0.801. The number of hydrogen-bond donors (Lipinski definition) is 0. The lowest BCUT2D eigenvalue weighted by Crippen LogP contribution is -2.05. The molecule has 0 saturated carbocycles. The zero-order chi connectivity index (χ0) is 7.94. The maximum Gasteiger partial charge on any atom is 0.0878 e. The lowest BCUT2D eigenvalue weighted by Gasteiger charge is -2.16. The smallest absolute Gasteiger partial charge is 0.0878 e. The second-order valence-corrected chi connectivity index (χ2v) is 3.24. The van der Waals surface area contributed by atoms with Gasteiger partial charge in [-0.3, -0.25) is 0 Å². The second kappa shape index (κ2) is 5.22. The fourth-order valence-electron chi connectivity index (χ4n) is 1.45. The highest BCUT2D eigenvalue weighted by molar-refractivity contribution is 4.86. The molecule has 1 unspecified atom stereocenters. The van der Waals surface area contributed by atoms with Crippen molar-refractivity contribution in [1.29, 1.82) is 0 Å². The predicted molar refractivity (Wildman–Crippen MR) is 47.3 cm³/mol. The van der Waals surface area contributed by atoms with Gasteiger partial charge in [0.1, 0.15) is 0 Å². The summed E-state index contributed by atoms with van der Waals surface area (Å²) in [6.07, 6.45) is 10.7. The van der Waals surface area contributed by atoms with Gasteiger partial charge in [-0.1, -0.05) is 26.2 Å². The van der Waals surface area contributed by atoms with E-state index in [0.29, 0.717) is 0 Å². The number of hydrogen-bond acceptors (Lipinski definition) is 1. The Morgan fingerprint density at radius 3 is 3.00 bits per heavy atom. The standard InChI is InChI=1S/C10H18O/c1-2-3-4-5-10-6-8-11-9-7-10/h6,8,10H,2-5,7,9H2,1H3. The molecule has 0 bridgehead atoms. The molecule has 0 amide bonds. The monoisotopic (exact) mass is 154 g/mol. The molecule has 0 saturated heterocycles. The van der Waals surface area contributed by atoms with Crippen LogP contribution in [0.25, 0.3) is 0 Å². The van der Waals surface area contributed by atoms with Gasteiger partial charge in [-0.05, 0) is 24.8 Å². The Labute approximate surface area is 69.4 Å². The normalized spacial score (nSPS) is 23.2. The lowest BCUT2D eigenvalue weighted by atomic mass is 9.97. The summed E-state index contributed by atoms with van der Waals surface area (Å²) in [6, 6.07) is 0. The predicted octanol–water partition coefficient (Wildman–Crippen LogP) is 3.12. The van der Waals surface area contributed by atoms with Crippen LogP contribution in [0, 0.1) is 5.92 Å². The molecule has 1 rings (SSSR count). The third kappa shape index (κ3) is 3.45. The molecule has 1 atom stereocenters. The fourth-order valence-corrected chi connectivity index (χ4v) is 1.45. The largest absolute Gasteiger partial charge is 0.501 e. The van der Waals surface area contributed by atoms with Crippen LogP contribution in [0.3, 0.4) is 0 Å². The third-order valence-electron chi connectivity index (χ3n) is 2.23. The van der Waals surface area contributed by atoms with E-state index >= 15 is 0 Å². The Morgan fingerprint density at radius 1 is 1.45 bits per heavy atom. The summed E-state index contributed by atoms with van der Waals surface area (Å²) in [5, 5.41) is 0. The molecule has 0 spiro atoms. The van der Waals surface area contributed by atoms with Crippen LogP contribution in [0.1, 0.15) is 39.0 Å². The van der Waals surface area contributed by atoms with E-state index in [1.807, 2.05) is 6.26 Å². The first kappa shape index (κ1) is 8.63. The average Bonchev–Trinajstić information content (AvgIpc) is 2.07. The van der Waals surface area contributed by atoms with E-state index in [4.69, 9.17) is 4.74 Å². The van der Waals surface area contributed by atoms with E-state index in [1.165, 1.54) is 32.1 Å². The van der Waals surface area contributed by atoms with E-state index in [-0.39, 0.29) is 0 Å². The van der Waals surface area contributed by atoms with Crippen molar-refractivity contribution in [3.05, 3.63) is 12.3 Å². The Hall–Kier alpha value is -0.460. The van der Waals surface area contributed by atoms with Gasteiger partial charge in [-0.2, -0.15) is 0 Å². The maximum absolute atomic E-state index is 5.13. The molecule has 1 aliphatic heterocycles. The van der Waals surface area contributed by atoms with Gasteiger partial charge in [0.15, 0.2) is 0 Å². The van der Waals surface area contributed by atoms with Crippen LogP contribution < -0.4 is 0 Å². The zero-order valence-electron chi connectivity index (χ0n) is 7.38. The van der Waals surface area contributed by atoms with Gasteiger partial charge in [0, 0.05) is 0 Å². The first-order valence-corrected chi connectivity index (χ1v) is 4.71. The van der Waals surface area contributed by atoms with Gasteiger partial charge in [0.2, 0.25) is 0 Å². The van der Waals surface area contributed by atoms with Gasteiger partial charge in [0.05, 0.1) is 12.9 Å². The van der Waals surface area contributed by atoms with Crippen LogP contribution in [0.5, 0.6) is 0 Å². The minimum absolute atomic E-state index is 0.801. The highest BCUT2D eigenvalue weighted by Crippen LogP contribution is 2.18. The molecule has 0 N–H and O–H groups in total. The molecule has 0 aromatic carbocycles. The number of rotatable bonds is 4. The van der Waals surface area contributed by atoms with E-state index in [1.54, 1.807) is 0 Å². The fraction of sp³-hybridized carbons (Fsp3) is 0.800. The summed E-state index contributed by atoms with van der Waals surface area (Å²) in [5.41, 5.74) is 0. The van der Waals surface area contributed by atoms with Crippen LogP contribution in [0.4, 0.5) is 0 Å². The molecule has 0 aliphatic carbocycles. The molecule has 0 aromatic rings. The minimum atomic E-state index is 0.801. The molecule has 1 nitrogen and oxygen atoms in total. The van der Waals surface area contributed by atoms with E-state index in [9.17, 15) is 0 Å². The van der Waals surface area contributed by atoms with Crippen molar-refractivity contribution in [2.24, 2.45) is 5.92 Å². The van der Waals surface area contributed by atoms with Gasteiger partial charge in [-0.15, -0.1) is 0 Å². The van der Waals surface area contributed by atoms with Crippen LogP contribution in [0.15, 0.2) is 12.3 Å². The van der Waals surface area contributed by atoms with Crippen LogP contribution in [-0.2, 0) is 4.74 Å². The molecule has 0 aromatic heterocycles. The lowest BCUT2D eigenvalue weighted by molar-refractivity contribution is 0.204. The minimum Gasteiger partial charge on any atom is -0.501 e. The molecular formula is C10H18O. The van der Waals surface area contributed by atoms with Crippen LogP contribution in [-0.4, -0.2) is 6.61 Å². The van der Waals surface area contributed by atoms with Crippen molar-refractivity contribution in [3.63, 3.8) is 0 Å². The van der Waals surface area contributed by atoms with Crippen LogP contribution in [0.2, 0.25) is 0 Å². The highest BCUT2D eigenvalue weighted by Gasteiger charge is 2.07. The topological polar surface area (TPSA) is 9.23 Å². The van der Waals surface area contributed by atoms with Gasteiger partial charge in [0.25, 0.3) is 0 Å². The first-order chi connectivity index (χ1) is 5.43. The summed E-state index contributed by atoms with van der Waals surface area (Å²) in [7, 11) is 0. The van der Waals surface area contributed by atoms with Gasteiger partial charge in [-0.25, -0.2) is 0 Å². The van der Waals surface area contributed by atoms with Crippen LogP contribution >= 0.6 is 0 Å². The van der Waals surface area contributed by atoms with E-state index < -0.39 is 0 Å². The van der Waals surface area contributed by atoms with Crippen molar-refractivity contribution < 1.29 is 4.74 Å². The Morgan fingerprint density at radius 2 is 2.36 bits per heavy atom. The van der Waals surface area contributed by atoms with Gasteiger partial charge >= 0.3 is 0 Å². The molecule has 0 fully saturated rings. The summed E-state index contributed by atoms with van der Waals surface area (Å²) >= 11 is 0. The van der Waals surface area contributed by atoms with Crippen molar-refractivity contribution >= 4 is 0 Å².